The van der Waals surface area contributed by atoms with Crippen LogP contribution in [0.5, 0.6) is 0 Å². The molecule has 4 heteroatoms. The van der Waals surface area contributed by atoms with Crippen LogP contribution in [0.1, 0.15) is 5.56 Å². The summed E-state index contributed by atoms with van der Waals surface area (Å²) in [7, 11) is 0. The molecule has 0 amide bonds. The van der Waals surface area contributed by atoms with E-state index in [0.717, 1.165) is 0 Å². The van der Waals surface area contributed by atoms with Crippen molar-refractivity contribution in [3.8, 4) is 0 Å². The van der Waals surface area contributed by atoms with Gasteiger partial charge < -0.3 is 4.85 Å². The Hall–Kier alpha value is -0.590. The van der Waals surface area contributed by atoms with Gasteiger partial charge in [-0.05, 0) is 12.1 Å². The minimum absolute atomic E-state index is 0.00692. The third-order valence-corrected chi connectivity index (χ3v) is 2.41. The lowest BCUT2D eigenvalue weighted by atomic mass is 10.2. The average molecular weight is 248 g/mol. The summed E-state index contributed by atoms with van der Waals surface area (Å²) in [6.45, 7) is 6.61. The summed E-state index contributed by atoms with van der Waals surface area (Å²) < 4.78 is 13.7. The van der Waals surface area contributed by atoms with Gasteiger partial charge in [-0.25, -0.2) is 11.0 Å². The van der Waals surface area contributed by atoms with Gasteiger partial charge >= 0.3 is 0 Å². The first-order valence-electron chi connectivity index (χ1n) is 3.12. The lowest BCUT2D eigenvalue weighted by molar-refractivity contribution is 0.614. The predicted octanol–water partition coefficient (Wildman–Crippen LogP) is 3.66. The van der Waals surface area contributed by atoms with Crippen LogP contribution in [-0.2, 0) is 6.54 Å². The molecule has 0 unspecified atom stereocenters. The van der Waals surface area contributed by atoms with Gasteiger partial charge in [0.1, 0.15) is 0 Å². The topological polar surface area (TPSA) is 4.36 Å². The quantitative estimate of drug-likeness (QED) is 0.528. The number of hydrogen-bond donors (Lipinski definition) is 0. The van der Waals surface area contributed by atoms with Crippen LogP contribution in [0, 0.1) is 12.4 Å². The Morgan fingerprint density at radius 2 is 2.25 bits per heavy atom. The molecule has 0 aliphatic heterocycles. The van der Waals surface area contributed by atoms with E-state index in [2.05, 4.69) is 20.8 Å². The van der Waals surface area contributed by atoms with Crippen LogP contribution < -0.4 is 0 Å². The molecular formula is C8H4BrClFN. The molecule has 12 heavy (non-hydrogen) atoms. The molecule has 0 heterocycles. The maximum absolute atomic E-state index is 13.1. The highest BCUT2D eigenvalue weighted by molar-refractivity contribution is 9.10. The van der Waals surface area contributed by atoms with Crippen LogP contribution in [-0.4, -0.2) is 0 Å². The van der Waals surface area contributed by atoms with Crippen molar-refractivity contribution >= 4 is 27.5 Å². The maximum Gasteiger partial charge on any atom is 0.243 e. The molecule has 1 nitrogen and oxygen atoms in total. The van der Waals surface area contributed by atoms with Crippen molar-refractivity contribution in [1.29, 1.82) is 0 Å². The SMILES string of the molecule is [C-]#[N+]Cc1c(Br)ccc(Cl)c1F. The summed E-state index contributed by atoms with van der Waals surface area (Å²) in [5.74, 6) is -0.512. The molecule has 1 rings (SSSR count). The number of nitrogens with zero attached hydrogens (tertiary/aromatic N) is 1. The Labute approximate surface area is 83.1 Å². The van der Waals surface area contributed by atoms with E-state index in [1.807, 2.05) is 0 Å². The first-order valence-corrected chi connectivity index (χ1v) is 4.29. The lowest BCUT2D eigenvalue weighted by Gasteiger charge is -2.00. The fourth-order valence-corrected chi connectivity index (χ4v) is 1.40. The van der Waals surface area contributed by atoms with Crippen molar-refractivity contribution in [3.05, 3.63) is 44.4 Å². The normalized spacial score (nSPS) is 9.50. The lowest BCUT2D eigenvalue weighted by Crippen LogP contribution is -1.89. The molecule has 0 N–H and O–H groups in total. The zero-order valence-corrected chi connectivity index (χ0v) is 8.28. The van der Waals surface area contributed by atoms with Gasteiger partial charge in [0.05, 0.1) is 10.6 Å². The van der Waals surface area contributed by atoms with Gasteiger partial charge in [-0.2, -0.15) is 0 Å². The van der Waals surface area contributed by atoms with E-state index in [1.54, 1.807) is 6.07 Å². The summed E-state index contributed by atoms with van der Waals surface area (Å²) in [5.41, 5.74) is 0.317. The van der Waals surface area contributed by atoms with Crippen LogP contribution in [0.4, 0.5) is 4.39 Å². The van der Waals surface area contributed by atoms with Gasteiger partial charge in [0.2, 0.25) is 6.54 Å². The van der Waals surface area contributed by atoms with Gasteiger partial charge in [-0.1, -0.05) is 27.5 Å². The summed E-state index contributed by atoms with van der Waals surface area (Å²) in [6.07, 6.45) is 0. The molecule has 1 aromatic carbocycles. The Kier molecular flexibility index (Phi) is 3.07. The zero-order valence-electron chi connectivity index (χ0n) is 5.94. The number of hydrogen-bond acceptors (Lipinski definition) is 0. The summed E-state index contributed by atoms with van der Waals surface area (Å²) in [6, 6.07) is 3.08. The molecule has 1 aromatic rings. The van der Waals surface area contributed by atoms with Gasteiger partial charge in [-0.15, -0.1) is 0 Å². The third kappa shape index (κ3) is 1.77. The molecule has 0 aliphatic carbocycles. The maximum atomic E-state index is 13.1. The van der Waals surface area contributed by atoms with Crippen molar-refractivity contribution < 1.29 is 4.39 Å². The minimum Gasteiger partial charge on any atom is -0.312 e. The Bertz CT molecular complexity index is 346. The molecule has 62 valence electrons. The van der Waals surface area contributed by atoms with Gasteiger partial charge in [-0.3, -0.25) is 0 Å². The van der Waals surface area contributed by atoms with Crippen LogP contribution in [0.25, 0.3) is 4.85 Å². The molecule has 0 spiro atoms. The second kappa shape index (κ2) is 3.88. The fraction of sp³-hybridized carbons (Fsp3) is 0.125. The van der Waals surface area contributed by atoms with Crippen molar-refractivity contribution in [3.63, 3.8) is 0 Å². The first-order chi connectivity index (χ1) is 5.66. The highest BCUT2D eigenvalue weighted by atomic mass is 79.9. The van der Waals surface area contributed by atoms with E-state index in [0.29, 0.717) is 10.0 Å². The van der Waals surface area contributed by atoms with E-state index < -0.39 is 5.82 Å². The third-order valence-electron chi connectivity index (χ3n) is 1.38. The van der Waals surface area contributed by atoms with Crippen molar-refractivity contribution in [2.45, 2.75) is 6.54 Å². The summed E-state index contributed by atoms with van der Waals surface area (Å²) >= 11 is 8.66. The number of halogens is 3. The van der Waals surface area contributed by atoms with E-state index >= 15 is 0 Å². The molecular weight excluding hydrogens is 244 g/mol. The van der Waals surface area contributed by atoms with Gasteiger partial charge in [0.25, 0.3) is 0 Å². The minimum atomic E-state index is -0.512. The summed E-state index contributed by atoms with van der Waals surface area (Å²) in [5, 5.41) is 0.0526. The second-order valence-electron chi connectivity index (χ2n) is 2.14. The largest absolute Gasteiger partial charge is 0.312 e. The molecule has 0 atom stereocenters. The molecule has 0 saturated heterocycles. The van der Waals surface area contributed by atoms with Crippen LogP contribution in [0.3, 0.4) is 0 Å². The van der Waals surface area contributed by atoms with Crippen molar-refractivity contribution in [1.82, 2.24) is 0 Å². The number of rotatable bonds is 1. The molecule has 0 radical (unpaired) electrons. The van der Waals surface area contributed by atoms with Crippen molar-refractivity contribution in [2.75, 3.05) is 0 Å². The monoisotopic (exact) mass is 247 g/mol. The molecule has 0 aliphatic rings. The van der Waals surface area contributed by atoms with Gasteiger partial charge in [0, 0.05) is 4.47 Å². The molecule has 0 saturated carbocycles. The first kappa shape index (κ1) is 9.50. The number of benzene rings is 1. The van der Waals surface area contributed by atoms with Gasteiger partial charge in [0.15, 0.2) is 5.82 Å². The fourth-order valence-electron chi connectivity index (χ4n) is 0.793. The standard InChI is InChI=1S/C8H4BrClFN/c1-12-4-5-6(9)2-3-7(10)8(5)11/h2-3H,4H2. The average Bonchev–Trinajstić information content (AvgIpc) is 2.06. The van der Waals surface area contributed by atoms with E-state index in [1.165, 1.54) is 6.07 Å². The highest BCUT2D eigenvalue weighted by Gasteiger charge is 2.12. The van der Waals surface area contributed by atoms with E-state index in [-0.39, 0.29) is 11.6 Å². The Morgan fingerprint density at radius 1 is 1.58 bits per heavy atom. The molecule has 0 bridgehead atoms. The second-order valence-corrected chi connectivity index (χ2v) is 3.40. The van der Waals surface area contributed by atoms with E-state index in [4.69, 9.17) is 18.2 Å². The zero-order chi connectivity index (χ0) is 9.14. The molecule has 0 fully saturated rings. The highest BCUT2D eigenvalue weighted by Crippen LogP contribution is 2.26. The van der Waals surface area contributed by atoms with Crippen LogP contribution in [0.15, 0.2) is 16.6 Å². The van der Waals surface area contributed by atoms with E-state index in [9.17, 15) is 4.39 Å². The predicted molar refractivity (Wildman–Crippen MR) is 49.4 cm³/mol. The van der Waals surface area contributed by atoms with Crippen LogP contribution in [0.2, 0.25) is 5.02 Å². The van der Waals surface area contributed by atoms with Crippen LogP contribution >= 0.6 is 27.5 Å². The summed E-state index contributed by atoms with van der Waals surface area (Å²) in [4.78, 5) is 3.09. The Balaban J connectivity index is 3.25. The Morgan fingerprint density at radius 3 is 2.83 bits per heavy atom. The van der Waals surface area contributed by atoms with Crippen molar-refractivity contribution in [2.24, 2.45) is 0 Å². The molecule has 0 aromatic heterocycles. The smallest absolute Gasteiger partial charge is 0.243 e.